The summed E-state index contributed by atoms with van der Waals surface area (Å²) >= 11 is 0. The minimum Gasteiger partial charge on any atom is -0.492 e. The van der Waals surface area contributed by atoms with E-state index in [1.807, 2.05) is 6.92 Å². The smallest absolute Gasteiger partial charge is 0.319 e. The van der Waals surface area contributed by atoms with Gasteiger partial charge in [-0.3, -0.25) is 0 Å². The number of nitrogens with one attached hydrogen (secondary N) is 2. The number of unbranched alkanes of at least 4 members (excludes halogenated alkanes) is 1. The molecular formula is C19H30FN3O2. The predicted molar refractivity (Wildman–Crippen MR) is 98.7 cm³/mol. The maximum atomic E-state index is 13.3. The van der Waals surface area contributed by atoms with Crippen LogP contribution in [0.3, 0.4) is 0 Å². The van der Waals surface area contributed by atoms with Crippen molar-refractivity contribution in [1.82, 2.24) is 10.2 Å². The molecule has 140 valence electrons. The number of hydrogen-bond acceptors (Lipinski definition) is 3. The minimum absolute atomic E-state index is 0.292. The summed E-state index contributed by atoms with van der Waals surface area (Å²) in [6, 6.07) is 3.80. The van der Waals surface area contributed by atoms with Crippen LogP contribution >= 0.6 is 0 Å². The van der Waals surface area contributed by atoms with Crippen LogP contribution in [-0.2, 0) is 0 Å². The minimum atomic E-state index is -0.387. The molecule has 2 N–H and O–H groups in total. The zero-order valence-electron chi connectivity index (χ0n) is 15.3. The number of rotatable bonds is 8. The predicted octanol–water partition coefficient (Wildman–Crippen LogP) is 3.86. The Hall–Kier alpha value is -1.82. The maximum Gasteiger partial charge on any atom is 0.319 e. The van der Waals surface area contributed by atoms with Crippen molar-refractivity contribution in [2.24, 2.45) is 5.92 Å². The van der Waals surface area contributed by atoms with Crippen LogP contribution in [0.4, 0.5) is 14.9 Å². The van der Waals surface area contributed by atoms with Crippen LogP contribution in [0.1, 0.15) is 39.5 Å². The topological polar surface area (TPSA) is 53.6 Å². The molecule has 0 unspecified atom stereocenters. The lowest BCUT2D eigenvalue weighted by Gasteiger charge is -2.30. The second-order valence-electron chi connectivity index (χ2n) is 6.69. The van der Waals surface area contributed by atoms with Crippen molar-refractivity contribution in [2.75, 3.05) is 38.1 Å². The third-order valence-electron chi connectivity index (χ3n) is 4.55. The van der Waals surface area contributed by atoms with Crippen LogP contribution in [0.15, 0.2) is 18.2 Å². The first kappa shape index (κ1) is 19.5. The summed E-state index contributed by atoms with van der Waals surface area (Å²) in [7, 11) is 0. The second kappa shape index (κ2) is 10.2. The SMILES string of the molecule is CCOc1cc(F)ccc1NC(=O)NCCCCN1CCC(C)CC1. The van der Waals surface area contributed by atoms with Crippen LogP contribution in [-0.4, -0.2) is 43.7 Å². The van der Waals surface area contributed by atoms with E-state index in [9.17, 15) is 9.18 Å². The van der Waals surface area contributed by atoms with Gasteiger partial charge in [0.15, 0.2) is 0 Å². The molecular weight excluding hydrogens is 321 g/mol. The Morgan fingerprint density at radius 2 is 2.08 bits per heavy atom. The summed E-state index contributed by atoms with van der Waals surface area (Å²) in [6.07, 6.45) is 4.61. The molecule has 1 aromatic carbocycles. The Kier molecular flexibility index (Phi) is 7.98. The first-order valence-electron chi connectivity index (χ1n) is 9.28. The summed E-state index contributed by atoms with van der Waals surface area (Å²) in [5, 5.41) is 5.56. The van der Waals surface area contributed by atoms with Gasteiger partial charge < -0.3 is 20.3 Å². The summed E-state index contributed by atoms with van der Waals surface area (Å²) < 4.78 is 18.6. The second-order valence-corrected chi connectivity index (χ2v) is 6.69. The van der Waals surface area contributed by atoms with Crippen LogP contribution in [0.5, 0.6) is 5.75 Å². The number of carbonyl (C=O) groups excluding carboxylic acids is 1. The molecule has 0 aromatic heterocycles. The molecule has 0 spiro atoms. The number of ether oxygens (including phenoxy) is 1. The molecule has 0 saturated carbocycles. The van der Waals surface area contributed by atoms with Gasteiger partial charge in [0.2, 0.25) is 0 Å². The van der Waals surface area contributed by atoms with Crippen LogP contribution < -0.4 is 15.4 Å². The lowest BCUT2D eigenvalue weighted by atomic mass is 9.99. The Bertz CT molecular complexity index is 545. The number of piperidine rings is 1. The van der Waals surface area contributed by atoms with Gasteiger partial charge in [0.1, 0.15) is 11.6 Å². The van der Waals surface area contributed by atoms with E-state index in [0.29, 0.717) is 24.6 Å². The number of anilines is 1. The Labute approximate surface area is 149 Å². The highest BCUT2D eigenvalue weighted by molar-refractivity contribution is 5.90. The Morgan fingerprint density at radius 3 is 2.80 bits per heavy atom. The van der Waals surface area contributed by atoms with E-state index in [1.54, 1.807) is 0 Å². The van der Waals surface area contributed by atoms with E-state index in [0.717, 1.165) is 25.3 Å². The molecule has 1 heterocycles. The number of amides is 2. The normalized spacial score (nSPS) is 15.8. The molecule has 1 saturated heterocycles. The molecule has 1 fully saturated rings. The number of nitrogens with zero attached hydrogens (tertiary/aromatic N) is 1. The molecule has 1 aliphatic heterocycles. The van der Waals surface area contributed by atoms with E-state index >= 15 is 0 Å². The third-order valence-corrected chi connectivity index (χ3v) is 4.55. The fraction of sp³-hybridized carbons (Fsp3) is 0.632. The van der Waals surface area contributed by atoms with Gasteiger partial charge >= 0.3 is 6.03 Å². The largest absolute Gasteiger partial charge is 0.492 e. The zero-order valence-corrected chi connectivity index (χ0v) is 15.3. The number of urea groups is 1. The number of benzene rings is 1. The van der Waals surface area contributed by atoms with Crippen LogP contribution in [0.2, 0.25) is 0 Å². The molecule has 0 bridgehead atoms. The molecule has 2 amide bonds. The molecule has 5 nitrogen and oxygen atoms in total. The van der Waals surface area contributed by atoms with Gasteiger partial charge in [0, 0.05) is 12.6 Å². The standard InChI is InChI=1S/C19H30FN3O2/c1-3-25-18-14-16(20)6-7-17(18)22-19(24)21-10-4-5-11-23-12-8-15(2)9-13-23/h6-7,14-15H,3-5,8-13H2,1-2H3,(H2,21,22,24). The van der Waals surface area contributed by atoms with Gasteiger partial charge in [-0.15, -0.1) is 0 Å². The molecule has 6 heteroatoms. The van der Waals surface area contributed by atoms with Crippen molar-refractivity contribution in [2.45, 2.75) is 39.5 Å². The number of carbonyl (C=O) groups is 1. The molecule has 1 aromatic rings. The monoisotopic (exact) mass is 351 g/mol. The fourth-order valence-corrected chi connectivity index (χ4v) is 2.99. The third kappa shape index (κ3) is 6.90. The van der Waals surface area contributed by atoms with Crippen LogP contribution in [0.25, 0.3) is 0 Å². The molecule has 1 aliphatic rings. The molecule has 2 rings (SSSR count). The average molecular weight is 351 g/mol. The van der Waals surface area contributed by atoms with Crippen molar-refractivity contribution >= 4 is 11.7 Å². The van der Waals surface area contributed by atoms with E-state index in [1.165, 1.54) is 44.1 Å². The highest BCUT2D eigenvalue weighted by Gasteiger charge is 2.14. The first-order valence-corrected chi connectivity index (χ1v) is 9.28. The number of halogens is 1. The van der Waals surface area contributed by atoms with Crippen molar-refractivity contribution < 1.29 is 13.9 Å². The van der Waals surface area contributed by atoms with Crippen LogP contribution in [0, 0.1) is 11.7 Å². The first-order chi connectivity index (χ1) is 12.1. The van der Waals surface area contributed by atoms with Gasteiger partial charge in [0.05, 0.1) is 12.3 Å². The van der Waals surface area contributed by atoms with E-state index < -0.39 is 0 Å². The van der Waals surface area contributed by atoms with Gasteiger partial charge in [-0.1, -0.05) is 6.92 Å². The summed E-state index contributed by atoms with van der Waals surface area (Å²) in [6.45, 7) is 8.66. The highest BCUT2D eigenvalue weighted by Crippen LogP contribution is 2.25. The molecule has 25 heavy (non-hydrogen) atoms. The summed E-state index contributed by atoms with van der Waals surface area (Å²) in [4.78, 5) is 14.5. The van der Waals surface area contributed by atoms with Gasteiger partial charge in [-0.25, -0.2) is 9.18 Å². The quantitative estimate of drug-likeness (QED) is 0.699. The summed E-state index contributed by atoms with van der Waals surface area (Å²) in [5.74, 6) is 0.813. The lowest BCUT2D eigenvalue weighted by molar-refractivity contribution is 0.189. The zero-order chi connectivity index (χ0) is 18.1. The van der Waals surface area contributed by atoms with Gasteiger partial charge in [-0.05, 0) is 70.3 Å². The molecule has 0 aliphatic carbocycles. The average Bonchev–Trinajstić information content (AvgIpc) is 2.59. The number of likely N-dealkylation sites (tertiary alicyclic amines) is 1. The lowest BCUT2D eigenvalue weighted by Crippen LogP contribution is -2.34. The highest BCUT2D eigenvalue weighted by atomic mass is 19.1. The molecule has 0 radical (unpaired) electrons. The Balaban J connectivity index is 1.64. The Morgan fingerprint density at radius 1 is 1.32 bits per heavy atom. The number of hydrogen-bond donors (Lipinski definition) is 2. The van der Waals surface area contributed by atoms with Crippen molar-refractivity contribution in [3.05, 3.63) is 24.0 Å². The molecule has 0 atom stereocenters. The van der Waals surface area contributed by atoms with Crippen molar-refractivity contribution in [3.8, 4) is 5.75 Å². The summed E-state index contributed by atoms with van der Waals surface area (Å²) in [5.41, 5.74) is 0.475. The maximum absolute atomic E-state index is 13.3. The van der Waals surface area contributed by atoms with Crippen molar-refractivity contribution in [1.29, 1.82) is 0 Å². The van der Waals surface area contributed by atoms with Gasteiger partial charge in [0.25, 0.3) is 0 Å². The van der Waals surface area contributed by atoms with E-state index in [-0.39, 0.29) is 11.8 Å². The van der Waals surface area contributed by atoms with E-state index in [4.69, 9.17) is 4.74 Å². The van der Waals surface area contributed by atoms with E-state index in [2.05, 4.69) is 22.5 Å². The van der Waals surface area contributed by atoms with Crippen molar-refractivity contribution in [3.63, 3.8) is 0 Å². The van der Waals surface area contributed by atoms with Gasteiger partial charge in [-0.2, -0.15) is 0 Å². The fourth-order valence-electron chi connectivity index (χ4n) is 2.99.